The molecule has 0 unspecified atom stereocenters. The molecule has 28 heavy (non-hydrogen) atoms. The number of nitrogens with one attached hydrogen (secondary N) is 3. The third kappa shape index (κ3) is 5.54. The van der Waals surface area contributed by atoms with Gasteiger partial charge in [-0.1, -0.05) is 6.07 Å². The van der Waals surface area contributed by atoms with Crippen LogP contribution < -0.4 is 20.1 Å². The van der Waals surface area contributed by atoms with Crippen LogP contribution in [-0.4, -0.2) is 40.4 Å². The molecule has 2 rings (SSSR count). The second-order valence-electron chi connectivity index (χ2n) is 5.88. The normalized spacial score (nSPS) is 11.0. The summed E-state index contributed by atoms with van der Waals surface area (Å²) in [5.74, 6) is -0.222. The van der Waals surface area contributed by atoms with E-state index in [2.05, 4.69) is 15.4 Å². The second-order valence-corrected chi connectivity index (χ2v) is 7.73. The number of rotatable bonds is 8. The van der Waals surface area contributed by atoms with Gasteiger partial charge in [0.25, 0.3) is 5.91 Å². The molecule has 0 aliphatic heterocycles. The number of sulfonamides is 1. The summed E-state index contributed by atoms with van der Waals surface area (Å²) < 4.78 is 31.6. The van der Waals surface area contributed by atoms with Crippen molar-refractivity contribution in [2.45, 2.75) is 18.7 Å². The van der Waals surface area contributed by atoms with Gasteiger partial charge in [0.05, 0.1) is 18.0 Å². The second kappa shape index (κ2) is 9.34. The molecule has 0 aromatic heterocycles. The van der Waals surface area contributed by atoms with E-state index in [0.717, 1.165) is 0 Å². The Morgan fingerprint density at radius 3 is 2.36 bits per heavy atom. The van der Waals surface area contributed by atoms with Crippen LogP contribution in [0.5, 0.6) is 5.75 Å². The molecule has 0 aliphatic carbocycles. The molecule has 2 aromatic carbocycles. The van der Waals surface area contributed by atoms with Gasteiger partial charge in [-0.15, -0.1) is 0 Å². The maximum atomic E-state index is 12.1. The molecular weight excluding hydrogens is 382 g/mol. The molecule has 8 nitrogen and oxygen atoms in total. The molecule has 0 bridgehead atoms. The quantitative estimate of drug-likeness (QED) is 0.618. The summed E-state index contributed by atoms with van der Waals surface area (Å²) in [5.41, 5.74) is 1.27. The average molecular weight is 405 g/mol. The summed E-state index contributed by atoms with van der Waals surface area (Å²) in [6.45, 7) is 3.80. The molecular formula is C19H23N3O5S. The van der Waals surface area contributed by atoms with Gasteiger partial charge in [-0.05, 0) is 62.9 Å². The third-order valence-corrected chi connectivity index (χ3v) is 5.42. The molecule has 0 atom stereocenters. The van der Waals surface area contributed by atoms with E-state index >= 15 is 0 Å². The van der Waals surface area contributed by atoms with Crippen LogP contribution >= 0.6 is 0 Å². The third-order valence-electron chi connectivity index (χ3n) is 3.87. The van der Waals surface area contributed by atoms with Gasteiger partial charge in [-0.2, -0.15) is 0 Å². The number of amides is 2. The van der Waals surface area contributed by atoms with Gasteiger partial charge in [0.1, 0.15) is 5.75 Å². The van der Waals surface area contributed by atoms with Crippen LogP contribution in [0.3, 0.4) is 0 Å². The number of aryl methyl sites for hydroxylation is 1. The Morgan fingerprint density at radius 2 is 1.75 bits per heavy atom. The van der Waals surface area contributed by atoms with E-state index in [9.17, 15) is 18.0 Å². The Kier molecular flexibility index (Phi) is 7.13. The molecule has 0 fully saturated rings. The first-order chi connectivity index (χ1) is 13.3. The SMILES string of the molecule is CCOc1ccc(C(=O)NCC(=O)Nc2ccc(C)c(S(=O)(=O)NC)c2)cc1. The zero-order valence-electron chi connectivity index (χ0n) is 15.9. The highest BCUT2D eigenvalue weighted by Crippen LogP contribution is 2.19. The highest BCUT2D eigenvalue weighted by molar-refractivity contribution is 7.89. The van der Waals surface area contributed by atoms with Crippen LogP contribution in [0.25, 0.3) is 0 Å². The lowest BCUT2D eigenvalue weighted by Gasteiger charge is -2.11. The number of hydrogen-bond acceptors (Lipinski definition) is 5. The van der Waals surface area contributed by atoms with Crippen molar-refractivity contribution in [3.63, 3.8) is 0 Å². The van der Waals surface area contributed by atoms with Gasteiger partial charge in [-0.25, -0.2) is 13.1 Å². The molecule has 2 aromatic rings. The monoisotopic (exact) mass is 405 g/mol. The highest BCUT2D eigenvalue weighted by Gasteiger charge is 2.16. The molecule has 3 N–H and O–H groups in total. The number of carbonyl (C=O) groups is 2. The van der Waals surface area contributed by atoms with Crippen LogP contribution in [-0.2, 0) is 14.8 Å². The number of benzene rings is 2. The van der Waals surface area contributed by atoms with Crippen LogP contribution in [0.1, 0.15) is 22.8 Å². The van der Waals surface area contributed by atoms with Gasteiger partial charge in [0, 0.05) is 11.3 Å². The smallest absolute Gasteiger partial charge is 0.251 e. The Morgan fingerprint density at radius 1 is 1.07 bits per heavy atom. The molecule has 0 saturated heterocycles. The van der Waals surface area contributed by atoms with Crippen molar-refractivity contribution in [1.29, 1.82) is 0 Å². The van der Waals surface area contributed by atoms with Crippen LogP contribution in [0.4, 0.5) is 5.69 Å². The zero-order valence-corrected chi connectivity index (χ0v) is 16.7. The van der Waals surface area contributed by atoms with Crippen molar-refractivity contribution in [2.24, 2.45) is 0 Å². The van der Waals surface area contributed by atoms with Gasteiger partial charge >= 0.3 is 0 Å². The van der Waals surface area contributed by atoms with E-state index in [0.29, 0.717) is 29.2 Å². The summed E-state index contributed by atoms with van der Waals surface area (Å²) in [7, 11) is -2.32. The maximum absolute atomic E-state index is 12.1. The van der Waals surface area contributed by atoms with Crippen LogP contribution in [0.15, 0.2) is 47.4 Å². The zero-order chi connectivity index (χ0) is 20.7. The van der Waals surface area contributed by atoms with E-state index in [1.54, 1.807) is 43.3 Å². The topological polar surface area (TPSA) is 114 Å². The molecule has 2 amide bonds. The Labute approximate surface area is 164 Å². The Bertz CT molecular complexity index is 956. The van der Waals surface area contributed by atoms with E-state index in [4.69, 9.17) is 4.74 Å². The van der Waals surface area contributed by atoms with E-state index in [-0.39, 0.29) is 11.4 Å². The Balaban J connectivity index is 1.97. The van der Waals surface area contributed by atoms with Crippen molar-refractivity contribution in [3.05, 3.63) is 53.6 Å². The van der Waals surface area contributed by atoms with E-state index in [1.165, 1.54) is 13.1 Å². The summed E-state index contributed by atoms with van der Waals surface area (Å²) >= 11 is 0. The minimum atomic E-state index is -3.64. The van der Waals surface area contributed by atoms with E-state index in [1.807, 2.05) is 6.92 Å². The minimum Gasteiger partial charge on any atom is -0.494 e. The highest BCUT2D eigenvalue weighted by atomic mass is 32.2. The standard InChI is InChI=1S/C19H23N3O5S/c1-4-27-16-9-6-14(7-10-16)19(24)21-12-18(23)22-15-8-5-13(2)17(11-15)28(25,26)20-3/h5-11,20H,4,12H2,1-3H3,(H,21,24)(H,22,23). The van der Waals surface area contributed by atoms with Crippen molar-refractivity contribution >= 4 is 27.5 Å². The fourth-order valence-corrected chi connectivity index (χ4v) is 3.41. The van der Waals surface area contributed by atoms with Crippen molar-refractivity contribution < 1.29 is 22.7 Å². The fraction of sp³-hybridized carbons (Fsp3) is 0.263. The molecule has 0 heterocycles. The van der Waals surface area contributed by atoms with Gasteiger partial charge in [-0.3, -0.25) is 9.59 Å². The fourth-order valence-electron chi connectivity index (χ4n) is 2.41. The first-order valence-electron chi connectivity index (χ1n) is 8.62. The van der Waals surface area contributed by atoms with Crippen LogP contribution in [0, 0.1) is 6.92 Å². The first kappa shape index (κ1) is 21.4. The maximum Gasteiger partial charge on any atom is 0.251 e. The average Bonchev–Trinajstić information content (AvgIpc) is 2.68. The number of ether oxygens (including phenoxy) is 1. The lowest BCUT2D eigenvalue weighted by Crippen LogP contribution is -2.32. The lowest BCUT2D eigenvalue weighted by molar-refractivity contribution is -0.115. The number of hydrogen-bond donors (Lipinski definition) is 3. The van der Waals surface area contributed by atoms with Crippen molar-refractivity contribution in [1.82, 2.24) is 10.0 Å². The predicted molar refractivity (Wildman–Crippen MR) is 106 cm³/mol. The van der Waals surface area contributed by atoms with Gasteiger partial charge in [0.15, 0.2) is 0 Å². The number of carbonyl (C=O) groups excluding carboxylic acids is 2. The van der Waals surface area contributed by atoms with Gasteiger partial charge in [0.2, 0.25) is 15.9 Å². The number of anilines is 1. The van der Waals surface area contributed by atoms with Crippen LogP contribution in [0.2, 0.25) is 0 Å². The minimum absolute atomic E-state index is 0.0752. The lowest BCUT2D eigenvalue weighted by atomic mass is 10.2. The van der Waals surface area contributed by atoms with Crippen molar-refractivity contribution in [3.8, 4) is 5.75 Å². The summed E-state index contributed by atoms with van der Waals surface area (Å²) in [5, 5.41) is 5.09. The largest absolute Gasteiger partial charge is 0.494 e. The summed E-state index contributed by atoms with van der Waals surface area (Å²) in [6, 6.07) is 11.1. The molecule has 0 saturated carbocycles. The molecule has 150 valence electrons. The summed E-state index contributed by atoms with van der Waals surface area (Å²) in [4.78, 5) is 24.3. The van der Waals surface area contributed by atoms with E-state index < -0.39 is 21.8 Å². The predicted octanol–water partition coefficient (Wildman–Crippen LogP) is 1.67. The molecule has 9 heteroatoms. The Hall–Kier alpha value is -2.91. The summed E-state index contributed by atoms with van der Waals surface area (Å²) in [6.07, 6.45) is 0. The first-order valence-corrected chi connectivity index (χ1v) is 10.1. The molecule has 0 spiro atoms. The van der Waals surface area contributed by atoms with Gasteiger partial charge < -0.3 is 15.4 Å². The molecule has 0 aliphatic rings. The molecule has 0 radical (unpaired) electrons. The van der Waals surface area contributed by atoms with Crippen molar-refractivity contribution in [2.75, 3.05) is 25.5 Å².